The van der Waals surface area contributed by atoms with Crippen LogP contribution < -0.4 is 0 Å². The summed E-state index contributed by atoms with van der Waals surface area (Å²) in [4.78, 5) is 42.8. The maximum atomic E-state index is 12.9. The third kappa shape index (κ3) is 5.26. The Labute approximate surface area is 200 Å². The number of carbonyl (C=O) groups excluding carboxylic acids is 2. The molecule has 1 unspecified atom stereocenters. The minimum absolute atomic E-state index is 0.0168. The molecule has 0 N–H and O–H groups in total. The van der Waals surface area contributed by atoms with Crippen molar-refractivity contribution in [1.29, 1.82) is 0 Å². The fourth-order valence-corrected chi connectivity index (χ4v) is 4.87. The van der Waals surface area contributed by atoms with Crippen molar-refractivity contribution < 1.29 is 19.1 Å². The van der Waals surface area contributed by atoms with Crippen LogP contribution in [0.2, 0.25) is 0 Å². The van der Waals surface area contributed by atoms with Crippen LogP contribution in [0.1, 0.15) is 77.5 Å². The van der Waals surface area contributed by atoms with Crippen molar-refractivity contribution in [3.63, 3.8) is 0 Å². The summed E-state index contributed by atoms with van der Waals surface area (Å²) in [6.07, 6.45) is 5.29. The molecule has 2 fully saturated rings. The largest absolute Gasteiger partial charge is 0.460 e. The van der Waals surface area contributed by atoms with Crippen LogP contribution in [0.4, 0.5) is 0 Å². The van der Waals surface area contributed by atoms with E-state index in [4.69, 9.17) is 14.5 Å². The first-order chi connectivity index (χ1) is 15.9. The number of ether oxygens (including phenoxy) is 2. The first-order valence-corrected chi connectivity index (χ1v) is 11.9. The van der Waals surface area contributed by atoms with Crippen LogP contribution >= 0.6 is 0 Å². The minimum Gasteiger partial charge on any atom is -0.460 e. The van der Waals surface area contributed by atoms with Gasteiger partial charge in [-0.05, 0) is 58.6 Å². The standard InChI is InChI=1S/C26H34N4O4/c1-14-19(16-8-10-27-13-29-16)21(14)24(32)34-26(6,7)12-18-28-11-9-17(30-18)20-15(2)22(20)23(31)33-25(3,4)5/h8-11,13-15,19-22H,12H2,1-7H3/t14-,15+,19+,20+,21-,22?/m0/s1. The SMILES string of the molecule is C[C@@H]1[C@H](C(=O)OC(C)(C)Cc2nccc([C@@H]3C(C(=O)OC(C)(C)C)[C@@H]3C)n2)[C@H]1c1ccncn1. The van der Waals surface area contributed by atoms with Gasteiger partial charge in [0.25, 0.3) is 0 Å². The second-order valence-electron chi connectivity index (χ2n) is 11.2. The van der Waals surface area contributed by atoms with Gasteiger partial charge in [-0.1, -0.05) is 13.8 Å². The third-order valence-electron chi connectivity index (χ3n) is 6.68. The molecule has 6 atom stereocenters. The number of aromatic nitrogens is 4. The Morgan fingerprint density at radius 3 is 2.03 bits per heavy atom. The number of esters is 2. The molecule has 0 bridgehead atoms. The van der Waals surface area contributed by atoms with Crippen molar-refractivity contribution in [3.8, 4) is 0 Å². The van der Waals surface area contributed by atoms with E-state index < -0.39 is 11.2 Å². The summed E-state index contributed by atoms with van der Waals surface area (Å²) in [5.41, 5.74) is 0.417. The molecule has 0 aliphatic heterocycles. The van der Waals surface area contributed by atoms with E-state index in [2.05, 4.69) is 15.0 Å². The van der Waals surface area contributed by atoms with E-state index in [-0.39, 0.29) is 47.4 Å². The molecule has 8 heteroatoms. The van der Waals surface area contributed by atoms with Crippen molar-refractivity contribution >= 4 is 11.9 Å². The topological polar surface area (TPSA) is 104 Å². The Hall–Kier alpha value is -2.90. The zero-order valence-electron chi connectivity index (χ0n) is 21.0. The van der Waals surface area contributed by atoms with Crippen LogP contribution in [-0.2, 0) is 25.5 Å². The predicted molar refractivity (Wildman–Crippen MR) is 125 cm³/mol. The normalized spacial score (nSPS) is 28.2. The molecular formula is C26H34N4O4. The smallest absolute Gasteiger partial charge is 0.310 e. The molecule has 2 aromatic heterocycles. The molecule has 2 aromatic rings. The minimum atomic E-state index is -0.770. The van der Waals surface area contributed by atoms with Crippen LogP contribution in [0.3, 0.4) is 0 Å². The summed E-state index contributed by atoms with van der Waals surface area (Å²) in [5.74, 6) is 0.210. The van der Waals surface area contributed by atoms with E-state index in [1.54, 1.807) is 12.4 Å². The van der Waals surface area contributed by atoms with Gasteiger partial charge in [0.2, 0.25) is 0 Å². The highest BCUT2D eigenvalue weighted by molar-refractivity contribution is 5.79. The summed E-state index contributed by atoms with van der Waals surface area (Å²) < 4.78 is 11.5. The van der Waals surface area contributed by atoms with E-state index in [1.165, 1.54) is 6.33 Å². The van der Waals surface area contributed by atoms with Crippen LogP contribution in [-0.4, -0.2) is 43.1 Å². The molecule has 0 aromatic carbocycles. The molecule has 2 aliphatic rings. The van der Waals surface area contributed by atoms with Crippen molar-refractivity contribution in [3.05, 3.63) is 48.1 Å². The first-order valence-electron chi connectivity index (χ1n) is 11.9. The van der Waals surface area contributed by atoms with E-state index in [9.17, 15) is 9.59 Å². The van der Waals surface area contributed by atoms with E-state index in [0.29, 0.717) is 12.2 Å². The molecule has 2 heterocycles. The van der Waals surface area contributed by atoms with Crippen molar-refractivity contribution in [2.75, 3.05) is 0 Å². The summed E-state index contributed by atoms with van der Waals surface area (Å²) >= 11 is 0. The van der Waals surface area contributed by atoms with Crippen LogP contribution in [0.5, 0.6) is 0 Å². The second kappa shape index (κ2) is 8.71. The number of hydrogen-bond acceptors (Lipinski definition) is 8. The Morgan fingerprint density at radius 1 is 0.853 bits per heavy atom. The molecule has 182 valence electrons. The van der Waals surface area contributed by atoms with Crippen LogP contribution in [0.15, 0.2) is 30.9 Å². The van der Waals surface area contributed by atoms with Gasteiger partial charge in [0.15, 0.2) is 0 Å². The third-order valence-corrected chi connectivity index (χ3v) is 6.68. The Morgan fingerprint density at radius 2 is 1.44 bits per heavy atom. The number of carbonyl (C=O) groups is 2. The lowest BCUT2D eigenvalue weighted by Crippen LogP contribution is -2.32. The van der Waals surface area contributed by atoms with Gasteiger partial charge in [-0.3, -0.25) is 9.59 Å². The molecule has 0 saturated heterocycles. The average molecular weight is 467 g/mol. The quantitative estimate of drug-likeness (QED) is 0.567. The van der Waals surface area contributed by atoms with E-state index >= 15 is 0 Å². The molecule has 2 aliphatic carbocycles. The highest BCUT2D eigenvalue weighted by Gasteiger charge is 2.56. The molecule has 2 saturated carbocycles. The van der Waals surface area contributed by atoms with Crippen molar-refractivity contribution in [2.24, 2.45) is 23.7 Å². The summed E-state index contributed by atoms with van der Waals surface area (Å²) in [5, 5.41) is 0. The molecule has 8 nitrogen and oxygen atoms in total. The zero-order chi connectivity index (χ0) is 24.8. The van der Waals surface area contributed by atoms with Crippen molar-refractivity contribution in [1.82, 2.24) is 19.9 Å². The lowest BCUT2D eigenvalue weighted by Gasteiger charge is -2.24. The van der Waals surface area contributed by atoms with Gasteiger partial charge in [0, 0.05) is 42.0 Å². The number of rotatable bonds is 7. The first kappa shape index (κ1) is 24.2. The molecule has 4 rings (SSSR count). The van der Waals surface area contributed by atoms with E-state index in [1.807, 2.05) is 60.6 Å². The fraction of sp³-hybridized carbons (Fsp3) is 0.615. The monoisotopic (exact) mass is 466 g/mol. The Balaban J connectivity index is 1.38. The van der Waals surface area contributed by atoms with Gasteiger partial charge in [0.1, 0.15) is 23.4 Å². The highest BCUT2D eigenvalue weighted by Crippen LogP contribution is 2.55. The summed E-state index contributed by atoms with van der Waals surface area (Å²) in [6.45, 7) is 13.4. The van der Waals surface area contributed by atoms with Gasteiger partial charge in [-0.2, -0.15) is 0 Å². The predicted octanol–water partition coefficient (Wildman–Crippen LogP) is 3.87. The van der Waals surface area contributed by atoms with Crippen molar-refractivity contribution in [2.45, 2.75) is 77.9 Å². The maximum absolute atomic E-state index is 12.9. The zero-order valence-corrected chi connectivity index (χ0v) is 21.0. The summed E-state index contributed by atoms with van der Waals surface area (Å²) in [6, 6.07) is 3.70. The van der Waals surface area contributed by atoms with Crippen LogP contribution in [0.25, 0.3) is 0 Å². The maximum Gasteiger partial charge on any atom is 0.310 e. The highest BCUT2D eigenvalue weighted by atomic mass is 16.6. The molecule has 0 spiro atoms. The lowest BCUT2D eigenvalue weighted by molar-refractivity contribution is -0.159. The van der Waals surface area contributed by atoms with Gasteiger partial charge in [-0.15, -0.1) is 0 Å². The van der Waals surface area contributed by atoms with Gasteiger partial charge in [-0.25, -0.2) is 19.9 Å². The van der Waals surface area contributed by atoms with Gasteiger partial charge in [0.05, 0.1) is 11.8 Å². The van der Waals surface area contributed by atoms with E-state index in [0.717, 1.165) is 11.4 Å². The molecule has 34 heavy (non-hydrogen) atoms. The van der Waals surface area contributed by atoms with Gasteiger partial charge < -0.3 is 9.47 Å². The molecule has 0 radical (unpaired) electrons. The molecule has 0 amide bonds. The van der Waals surface area contributed by atoms with Gasteiger partial charge >= 0.3 is 11.9 Å². The Kier molecular flexibility index (Phi) is 6.21. The summed E-state index contributed by atoms with van der Waals surface area (Å²) in [7, 11) is 0. The number of nitrogens with zero attached hydrogens (tertiary/aromatic N) is 4. The Bertz CT molecular complexity index is 1070. The number of hydrogen-bond donors (Lipinski definition) is 0. The lowest BCUT2D eigenvalue weighted by atomic mass is 10.0. The average Bonchev–Trinajstić information content (AvgIpc) is 3.60. The van der Waals surface area contributed by atoms with Crippen LogP contribution in [0, 0.1) is 23.7 Å². The fourth-order valence-electron chi connectivity index (χ4n) is 4.87. The molecular weight excluding hydrogens is 432 g/mol. The second-order valence-corrected chi connectivity index (χ2v) is 11.2.